The maximum absolute atomic E-state index is 13.5. The third kappa shape index (κ3) is 6.73. The molecule has 0 aromatic rings. The number of hydrogen-bond acceptors (Lipinski definition) is 7. The average Bonchev–Trinajstić information content (AvgIpc) is 3.57. The number of fused-ring (bicyclic) bond motifs is 6. The summed E-state index contributed by atoms with van der Waals surface area (Å²) < 4.78 is 43.9. The molecule has 0 spiro atoms. The number of nitrogens with zero attached hydrogens (tertiary/aromatic N) is 3. The number of alkyl halides is 3. The summed E-state index contributed by atoms with van der Waals surface area (Å²) in [7, 11) is 0. The fourth-order valence-corrected chi connectivity index (χ4v) is 9.48. The van der Waals surface area contributed by atoms with Gasteiger partial charge in [-0.25, -0.2) is 4.79 Å². The van der Waals surface area contributed by atoms with Gasteiger partial charge in [-0.2, -0.15) is 13.2 Å². The third-order valence-corrected chi connectivity index (χ3v) is 12.1. The van der Waals surface area contributed by atoms with Crippen molar-refractivity contribution in [1.82, 2.24) is 35.4 Å². The van der Waals surface area contributed by atoms with Crippen LogP contribution in [0.15, 0.2) is 0 Å². The Balaban J connectivity index is 1.10. The Hall–Kier alpha value is -0.790. The average molecular weight is 616 g/mol. The van der Waals surface area contributed by atoms with Gasteiger partial charge in [-0.3, -0.25) is 20.3 Å². The van der Waals surface area contributed by atoms with Crippen LogP contribution in [-0.2, 0) is 0 Å². The van der Waals surface area contributed by atoms with Crippen LogP contribution in [0.25, 0.3) is 0 Å². The van der Waals surface area contributed by atoms with Crippen molar-refractivity contribution in [2.45, 2.75) is 126 Å². The first kappa shape index (κ1) is 31.2. The number of amides is 2. The highest BCUT2D eigenvalue weighted by atomic mass is 32.2. The molecule has 7 atom stereocenters. The van der Waals surface area contributed by atoms with E-state index in [9.17, 15) is 18.0 Å². The second-order valence-electron chi connectivity index (χ2n) is 14.5. The zero-order valence-corrected chi connectivity index (χ0v) is 26.3. The first-order valence-electron chi connectivity index (χ1n) is 16.6. The summed E-state index contributed by atoms with van der Waals surface area (Å²) in [6, 6.07) is -0.0161. The predicted octanol–water partition coefficient (Wildman–Crippen LogP) is 4.65. The van der Waals surface area contributed by atoms with Crippen molar-refractivity contribution >= 4 is 18.0 Å². The predicted molar refractivity (Wildman–Crippen MR) is 160 cm³/mol. The van der Waals surface area contributed by atoms with Crippen molar-refractivity contribution in [3.8, 4) is 0 Å². The molecule has 4 bridgehead atoms. The normalized spacial score (nSPS) is 39.0. The van der Waals surface area contributed by atoms with Gasteiger partial charge in [0.2, 0.25) is 0 Å². The quantitative estimate of drug-likeness (QED) is 0.336. The van der Waals surface area contributed by atoms with Crippen LogP contribution in [0.3, 0.4) is 0 Å². The molecule has 12 heteroatoms. The summed E-state index contributed by atoms with van der Waals surface area (Å²) in [5, 5.41) is 11.9. The summed E-state index contributed by atoms with van der Waals surface area (Å²) in [6.45, 7) is 9.46. The Morgan fingerprint density at radius 3 is 2.64 bits per heavy atom. The highest BCUT2D eigenvalue weighted by molar-refractivity contribution is 7.98. The van der Waals surface area contributed by atoms with Crippen LogP contribution in [-0.4, -0.2) is 95.6 Å². The van der Waals surface area contributed by atoms with Gasteiger partial charge in [0.05, 0.1) is 29.3 Å². The second kappa shape index (κ2) is 12.5. The Kier molecular flexibility index (Phi) is 9.32. The van der Waals surface area contributed by atoms with E-state index < -0.39 is 11.6 Å². The van der Waals surface area contributed by atoms with Crippen LogP contribution in [0.5, 0.6) is 0 Å². The molecule has 0 radical (unpaired) electrons. The molecule has 5 heterocycles. The number of piperidine rings is 2. The van der Waals surface area contributed by atoms with E-state index in [1.54, 1.807) is 4.90 Å². The van der Waals surface area contributed by atoms with E-state index in [-0.39, 0.29) is 43.2 Å². The zero-order valence-electron chi connectivity index (χ0n) is 25.5. The molecular weight excluding hydrogens is 563 g/mol. The number of carbonyl (C=O) groups is 1. The van der Waals surface area contributed by atoms with E-state index in [0.717, 1.165) is 32.5 Å². The molecule has 2 amide bonds. The minimum absolute atomic E-state index is 0.0161. The maximum Gasteiger partial charge on any atom is 0.394 e. The minimum Gasteiger partial charge on any atom is -0.323 e. The second-order valence-corrected chi connectivity index (χ2v) is 15.6. The van der Waals surface area contributed by atoms with Gasteiger partial charge in [0.15, 0.2) is 0 Å². The van der Waals surface area contributed by atoms with Crippen LogP contribution in [0.2, 0.25) is 0 Å². The van der Waals surface area contributed by atoms with Gasteiger partial charge in [0.1, 0.15) is 0 Å². The molecule has 6 aliphatic rings. The van der Waals surface area contributed by atoms with E-state index in [2.05, 4.69) is 39.4 Å². The van der Waals surface area contributed by atoms with Crippen molar-refractivity contribution < 1.29 is 18.0 Å². The van der Waals surface area contributed by atoms with Gasteiger partial charge in [0, 0.05) is 44.2 Å². The highest BCUT2D eigenvalue weighted by Crippen LogP contribution is 2.60. The maximum atomic E-state index is 13.5. The highest BCUT2D eigenvalue weighted by Gasteiger charge is 2.62. The molecule has 6 fully saturated rings. The number of urea groups is 1. The Bertz CT molecular complexity index is 950. The molecular formula is C30H52F3N7OS. The van der Waals surface area contributed by atoms with Crippen molar-refractivity contribution in [3.63, 3.8) is 0 Å². The van der Waals surface area contributed by atoms with Crippen molar-refractivity contribution in [3.05, 3.63) is 0 Å². The van der Waals surface area contributed by atoms with Gasteiger partial charge < -0.3 is 15.1 Å². The molecule has 5 saturated heterocycles. The number of nitrogens with one attached hydrogen (secondary N) is 4. The van der Waals surface area contributed by atoms with Crippen LogP contribution >= 0.6 is 11.9 Å². The fraction of sp³-hybridized carbons (Fsp3) is 0.967. The largest absolute Gasteiger partial charge is 0.394 e. The number of halogens is 3. The first-order chi connectivity index (χ1) is 20.0. The molecule has 1 saturated carbocycles. The van der Waals surface area contributed by atoms with E-state index in [4.69, 9.17) is 0 Å². The van der Waals surface area contributed by atoms with Crippen molar-refractivity contribution in [1.29, 1.82) is 0 Å². The monoisotopic (exact) mass is 615 g/mol. The SMILES string of the molecule is CC1(C)C[C@@H]2CCCNC3CCCC(N3)SNCC3CCC(N4CCN(CCCC5(C(F)(F)F)CC5)C4=O)NC3N1C2. The summed E-state index contributed by atoms with van der Waals surface area (Å²) in [5.41, 5.74) is -1.41. The third-order valence-electron chi connectivity index (χ3n) is 11.1. The molecule has 0 aromatic carbocycles. The smallest absolute Gasteiger partial charge is 0.323 e. The molecule has 0 aromatic heterocycles. The van der Waals surface area contributed by atoms with Crippen LogP contribution in [0.4, 0.5) is 18.0 Å². The van der Waals surface area contributed by atoms with E-state index in [1.165, 1.54) is 38.5 Å². The lowest BCUT2D eigenvalue weighted by Crippen LogP contribution is -2.65. The molecule has 8 nitrogen and oxygen atoms in total. The van der Waals surface area contributed by atoms with Crippen molar-refractivity contribution in [2.75, 3.05) is 39.3 Å². The van der Waals surface area contributed by atoms with Crippen LogP contribution in [0, 0.1) is 17.3 Å². The number of carbonyl (C=O) groups excluding carboxylic acids is 1. The van der Waals surface area contributed by atoms with Gasteiger partial charge in [-0.15, -0.1) is 0 Å². The standard InChI is InChI=1S/C30H52F3N7OS/c1-28(2)18-21-6-4-14-34-23-7-3-8-25(36-23)42-35-19-22-9-10-24(37-26(22)40(28)20-21)39-17-16-38(27(39)41)15-5-11-29(12-13-29)30(31,32)33/h21-26,34-37H,3-20H2,1-2H3/t21-,22?,23?,24?,25?,26?/m0/s1. The lowest BCUT2D eigenvalue weighted by atomic mass is 9.90. The molecule has 240 valence electrons. The van der Waals surface area contributed by atoms with E-state index in [1.807, 2.05) is 16.8 Å². The molecule has 6 unspecified atom stereocenters. The fourth-order valence-electron chi connectivity index (χ4n) is 8.45. The minimum atomic E-state index is -4.12. The van der Waals surface area contributed by atoms with Crippen LogP contribution in [0.1, 0.15) is 90.9 Å². The lowest BCUT2D eigenvalue weighted by molar-refractivity contribution is -0.189. The van der Waals surface area contributed by atoms with Gasteiger partial charge >= 0.3 is 12.2 Å². The number of hydrogen-bond donors (Lipinski definition) is 4. The Labute approximate surface area is 254 Å². The Morgan fingerprint density at radius 2 is 1.86 bits per heavy atom. The van der Waals surface area contributed by atoms with Gasteiger partial charge in [-0.05, 0) is 103 Å². The van der Waals surface area contributed by atoms with E-state index in [0.29, 0.717) is 49.4 Å². The topological polar surface area (TPSA) is 74.9 Å². The number of rotatable bonds is 5. The molecule has 5 aliphatic heterocycles. The van der Waals surface area contributed by atoms with Gasteiger partial charge in [0.25, 0.3) is 0 Å². The molecule has 42 heavy (non-hydrogen) atoms. The van der Waals surface area contributed by atoms with Crippen molar-refractivity contribution in [2.24, 2.45) is 17.3 Å². The first-order valence-corrected chi connectivity index (χ1v) is 17.5. The summed E-state index contributed by atoms with van der Waals surface area (Å²) in [5.74, 6) is 1.10. The lowest BCUT2D eigenvalue weighted by Gasteiger charge is -2.48. The zero-order chi connectivity index (χ0) is 29.5. The van der Waals surface area contributed by atoms with E-state index >= 15 is 0 Å². The summed E-state index contributed by atoms with van der Waals surface area (Å²) >= 11 is 1.84. The Morgan fingerprint density at radius 1 is 1.02 bits per heavy atom. The summed E-state index contributed by atoms with van der Waals surface area (Å²) in [6.07, 6.45) is 6.60. The molecule has 1 aliphatic carbocycles. The molecule has 6 rings (SSSR count). The molecule has 4 N–H and O–H groups in total. The van der Waals surface area contributed by atoms with Crippen LogP contribution < -0.4 is 20.7 Å². The van der Waals surface area contributed by atoms with Gasteiger partial charge in [-0.1, -0.05) is 11.9 Å². The summed E-state index contributed by atoms with van der Waals surface area (Å²) in [4.78, 5) is 19.9.